The van der Waals surface area contributed by atoms with Crippen LogP contribution in [0.4, 0.5) is 5.69 Å². The predicted octanol–water partition coefficient (Wildman–Crippen LogP) is 2.59. The Hall–Kier alpha value is -1.54. The molecule has 0 amide bonds. The van der Waals surface area contributed by atoms with Crippen LogP contribution in [0.15, 0.2) is 23.4 Å². The summed E-state index contributed by atoms with van der Waals surface area (Å²) >= 11 is 0. The first-order valence-electron chi connectivity index (χ1n) is 3.37. The predicted molar refractivity (Wildman–Crippen MR) is 42.4 cm³/mol. The second kappa shape index (κ2) is 3.58. The average Bonchev–Trinajstić information content (AvgIpc) is 2.07. The van der Waals surface area contributed by atoms with Crippen molar-refractivity contribution < 1.29 is 0 Å². The van der Waals surface area contributed by atoms with E-state index in [0.29, 0.717) is 5.69 Å². The molecule has 0 saturated heterocycles. The summed E-state index contributed by atoms with van der Waals surface area (Å²) in [4.78, 5) is 6.70. The highest BCUT2D eigenvalue weighted by Gasteiger charge is 1.89. The Morgan fingerprint density at radius 3 is 2.91 bits per heavy atom. The van der Waals surface area contributed by atoms with Gasteiger partial charge in [-0.3, -0.25) is 4.98 Å². The summed E-state index contributed by atoms with van der Waals surface area (Å²) in [6.45, 7) is 2.02. The molecule has 0 fully saturated rings. The lowest BCUT2D eigenvalue weighted by atomic mass is 10.3. The van der Waals surface area contributed by atoms with Gasteiger partial charge in [0.05, 0.1) is 5.69 Å². The Balaban J connectivity index is 2.91. The molecular weight excluding hydrogens is 140 g/mol. The molecule has 4 nitrogen and oxygen atoms in total. The fourth-order valence-corrected chi connectivity index (χ4v) is 0.737. The smallest absolute Gasteiger partial charge is 0.0558 e. The molecular formula is C7H8N4. The lowest BCUT2D eigenvalue weighted by Gasteiger charge is -1.93. The minimum Gasteiger partial charge on any atom is -0.261 e. The van der Waals surface area contributed by atoms with Gasteiger partial charge in [0.25, 0.3) is 0 Å². The Kier molecular flexibility index (Phi) is 2.47. The first-order chi connectivity index (χ1) is 5.36. The summed E-state index contributed by atoms with van der Waals surface area (Å²) in [5, 5.41) is 3.40. The van der Waals surface area contributed by atoms with Gasteiger partial charge in [-0.05, 0) is 24.1 Å². The summed E-state index contributed by atoms with van der Waals surface area (Å²) in [5.74, 6) is 0. The van der Waals surface area contributed by atoms with Gasteiger partial charge in [0.15, 0.2) is 0 Å². The van der Waals surface area contributed by atoms with Crippen LogP contribution in [0, 0.1) is 0 Å². The zero-order valence-electron chi connectivity index (χ0n) is 6.23. The fraction of sp³-hybridized carbons (Fsp3) is 0.286. The monoisotopic (exact) mass is 148 g/mol. The van der Waals surface area contributed by atoms with E-state index in [0.717, 1.165) is 12.1 Å². The SMILES string of the molecule is CCc1ccc(N=[N+]=[N-])cn1. The Labute approximate surface area is 64.5 Å². The molecule has 1 aromatic rings. The maximum Gasteiger partial charge on any atom is 0.0558 e. The van der Waals surface area contributed by atoms with Crippen molar-refractivity contribution in [3.05, 3.63) is 34.5 Å². The molecule has 0 spiro atoms. The van der Waals surface area contributed by atoms with E-state index < -0.39 is 0 Å². The van der Waals surface area contributed by atoms with Crippen LogP contribution >= 0.6 is 0 Å². The lowest BCUT2D eigenvalue weighted by molar-refractivity contribution is 1.03. The van der Waals surface area contributed by atoms with Gasteiger partial charge in [0.2, 0.25) is 0 Å². The average molecular weight is 148 g/mol. The molecule has 4 heteroatoms. The van der Waals surface area contributed by atoms with E-state index in [9.17, 15) is 0 Å². The van der Waals surface area contributed by atoms with Crippen LogP contribution in [0.1, 0.15) is 12.6 Å². The molecule has 0 saturated carbocycles. The van der Waals surface area contributed by atoms with E-state index in [1.807, 2.05) is 13.0 Å². The van der Waals surface area contributed by atoms with Crippen molar-refractivity contribution in [2.45, 2.75) is 13.3 Å². The van der Waals surface area contributed by atoms with Crippen molar-refractivity contribution in [3.8, 4) is 0 Å². The molecule has 0 aliphatic heterocycles. The van der Waals surface area contributed by atoms with E-state index in [1.54, 1.807) is 12.3 Å². The van der Waals surface area contributed by atoms with Gasteiger partial charge in [-0.1, -0.05) is 12.0 Å². The molecule has 0 aromatic carbocycles. The van der Waals surface area contributed by atoms with Crippen molar-refractivity contribution in [1.82, 2.24) is 4.98 Å². The normalized spacial score (nSPS) is 8.82. The molecule has 56 valence electrons. The molecule has 1 rings (SSSR count). The van der Waals surface area contributed by atoms with Crippen molar-refractivity contribution in [3.63, 3.8) is 0 Å². The maximum atomic E-state index is 8.08. The molecule has 1 aromatic heterocycles. The van der Waals surface area contributed by atoms with Crippen LogP contribution in [-0.2, 0) is 6.42 Å². The van der Waals surface area contributed by atoms with Crippen LogP contribution in [0.5, 0.6) is 0 Å². The topological polar surface area (TPSA) is 61.7 Å². The van der Waals surface area contributed by atoms with Gasteiger partial charge in [-0.2, -0.15) is 0 Å². The van der Waals surface area contributed by atoms with E-state index in [2.05, 4.69) is 15.0 Å². The summed E-state index contributed by atoms with van der Waals surface area (Å²) in [6.07, 6.45) is 2.47. The number of nitrogens with zero attached hydrogens (tertiary/aromatic N) is 4. The van der Waals surface area contributed by atoms with Crippen LogP contribution in [0.3, 0.4) is 0 Å². The van der Waals surface area contributed by atoms with Gasteiger partial charge in [0, 0.05) is 16.8 Å². The summed E-state index contributed by atoms with van der Waals surface area (Å²) in [7, 11) is 0. The summed E-state index contributed by atoms with van der Waals surface area (Å²) in [5.41, 5.74) is 9.64. The number of aryl methyl sites for hydroxylation is 1. The quantitative estimate of drug-likeness (QED) is 0.361. The standard InChI is InChI=1S/C7H8N4/c1-2-6-3-4-7(5-9-6)10-11-8/h3-5H,2H2,1H3. The summed E-state index contributed by atoms with van der Waals surface area (Å²) < 4.78 is 0. The van der Waals surface area contributed by atoms with Crippen molar-refractivity contribution in [2.75, 3.05) is 0 Å². The van der Waals surface area contributed by atoms with Crippen molar-refractivity contribution in [1.29, 1.82) is 0 Å². The fourth-order valence-electron chi connectivity index (χ4n) is 0.737. The van der Waals surface area contributed by atoms with Gasteiger partial charge >= 0.3 is 0 Å². The molecule has 0 N–H and O–H groups in total. The number of pyridine rings is 1. The minimum absolute atomic E-state index is 0.560. The van der Waals surface area contributed by atoms with Crippen molar-refractivity contribution in [2.24, 2.45) is 5.11 Å². The highest BCUT2D eigenvalue weighted by atomic mass is 15.1. The molecule has 0 unspecified atom stereocenters. The first kappa shape index (κ1) is 7.57. The number of azide groups is 1. The third-order valence-electron chi connectivity index (χ3n) is 1.33. The van der Waals surface area contributed by atoms with E-state index in [4.69, 9.17) is 5.53 Å². The molecule has 0 aliphatic carbocycles. The van der Waals surface area contributed by atoms with Gasteiger partial charge in [-0.15, -0.1) is 0 Å². The summed E-state index contributed by atoms with van der Waals surface area (Å²) in [6, 6.07) is 3.61. The highest BCUT2D eigenvalue weighted by Crippen LogP contribution is 2.09. The molecule has 0 bridgehead atoms. The van der Waals surface area contributed by atoms with Gasteiger partial charge in [-0.25, -0.2) is 0 Å². The number of aromatic nitrogens is 1. The van der Waals surface area contributed by atoms with Crippen LogP contribution in [0.2, 0.25) is 0 Å². The zero-order valence-corrected chi connectivity index (χ0v) is 6.23. The van der Waals surface area contributed by atoms with Gasteiger partial charge < -0.3 is 0 Å². The highest BCUT2D eigenvalue weighted by molar-refractivity contribution is 5.33. The van der Waals surface area contributed by atoms with E-state index in [-0.39, 0.29) is 0 Å². The lowest BCUT2D eigenvalue weighted by Crippen LogP contribution is -1.82. The molecule has 0 radical (unpaired) electrons. The van der Waals surface area contributed by atoms with Crippen LogP contribution < -0.4 is 0 Å². The largest absolute Gasteiger partial charge is 0.261 e. The minimum atomic E-state index is 0.560. The molecule has 0 atom stereocenters. The Morgan fingerprint density at radius 2 is 2.45 bits per heavy atom. The Bertz CT molecular complexity index is 271. The van der Waals surface area contributed by atoms with Crippen molar-refractivity contribution >= 4 is 5.69 Å². The first-order valence-corrected chi connectivity index (χ1v) is 3.37. The Morgan fingerprint density at radius 1 is 1.64 bits per heavy atom. The maximum absolute atomic E-state index is 8.08. The molecule has 0 aliphatic rings. The van der Waals surface area contributed by atoms with Crippen LogP contribution in [0.25, 0.3) is 10.4 Å². The molecule has 11 heavy (non-hydrogen) atoms. The second-order valence-corrected chi connectivity index (χ2v) is 2.05. The zero-order chi connectivity index (χ0) is 8.10. The van der Waals surface area contributed by atoms with Gasteiger partial charge in [0.1, 0.15) is 0 Å². The number of rotatable bonds is 2. The van der Waals surface area contributed by atoms with Crippen LogP contribution in [-0.4, -0.2) is 4.98 Å². The number of hydrogen-bond donors (Lipinski definition) is 0. The third kappa shape index (κ3) is 1.95. The number of hydrogen-bond acceptors (Lipinski definition) is 2. The third-order valence-corrected chi connectivity index (χ3v) is 1.33. The van der Waals surface area contributed by atoms with E-state index >= 15 is 0 Å². The van der Waals surface area contributed by atoms with E-state index in [1.165, 1.54) is 0 Å². The molecule has 1 heterocycles. The second-order valence-electron chi connectivity index (χ2n) is 2.05.